The minimum absolute atomic E-state index is 0.0506. The Hall–Kier alpha value is -1.58. The van der Waals surface area contributed by atoms with E-state index in [1.165, 1.54) is 4.90 Å². The number of hydrogen-bond donors (Lipinski definition) is 0. The summed E-state index contributed by atoms with van der Waals surface area (Å²) in [4.78, 5) is 26.0. The Morgan fingerprint density at radius 3 is 2.56 bits per heavy atom. The van der Waals surface area contributed by atoms with E-state index in [-0.39, 0.29) is 23.1 Å². The van der Waals surface area contributed by atoms with Crippen LogP contribution in [0.15, 0.2) is 25.2 Å². The maximum Gasteiger partial charge on any atom is 0.295 e. The van der Waals surface area contributed by atoms with E-state index in [1.54, 1.807) is 0 Å². The van der Waals surface area contributed by atoms with Crippen LogP contribution in [-0.4, -0.2) is 22.8 Å². The number of amides is 2. The summed E-state index contributed by atoms with van der Waals surface area (Å²) in [7, 11) is 0. The molecule has 0 aromatic heterocycles. The monoisotopic (exact) mass is 249 g/mol. The lowest BCUT2D eigenvalue weighted by Gasteiger charge is -2.29. The predicted molar refractivity (Wildman–Crippen MR) is 67.2 cm³/mol. The molecular formula is C14H19NO3. The van der Waals surface area contributed by atoms with E-state index in [2.05, 4.69) is 13.2 Å². The van der Waals surface area contributed by atoms with Crippen molar-refractivity contribution in [3.63, 3.8) is 0 Å². The molecule has 0 spiro atoms. The summed E-state index contributed by atoms with van der Waals surface area (Å²) >= 11 is 0. The van der Waals surface area contributed by atoms with Gasteiger partial charge in [0.25, 0.3) is 5.91 Å². The van der Waals surface area contributed by atoms with Gasteiger partial charge in [-0.15, -0.1) is 0 Å². The van der Waals surface area contributed by atoms with Crippen molar-refractivity contribution in [2.75, 3.05) is 0 Å². The molecule has 2 aliphatic rings. The van der Waals surface area contributed by atoms with Gasteiger partial charge in [-0.25, -0.2) is 0 Å². The third-order valence-corrected chi connectivity index (χ3v) is 4.86. The third kappa shape index (κ3) is 1.32. The molecule has 98 valence electrons. The van der Waals surface area contributed by atoms with Gasteiger partial charge in [-0.3, -0.25) is 14.5 Å². The van der Waals surface area contributed by atoms with E-state index < -0.39 is 11.3 Å². The Bertz CT molecular complexity index is 452. The number of carbonyl (C=O) groups is 2. The van der Waals surface area contributed by atoms with Crippen molar-refractivity contribution in [3.8, 4) is 0 Å². The first-order valence-corrected chi connectivity index (χ1v) is 6.12. The second-order valence-corrected chi connectivity index (χ2v) is 5.80. The summed E-state index contributed by atoms with van der Waals surface area (Å²) < 4.78 is 4.90. The minimum Gasteiger partial charge on any atom is -0.460 e. The van der Waals surface area contributed by atoms with Crippen molar-refractivity contribution in [2.24, 2.45) is 10.8 Å². The Labute approximate surface area is 107 Å². The zero-order valence-corrected chi connectivity index (χ0v) is 11.2. The molecule has 0 radical (unpaired) electrons. The summed E-state index contributed by atoms with van der Waals surface area (Å²) in [5.41, 5.74) is -0.657. The molecular weight excluding hydrogens is 230 g/mol. The average molecular weight is 249 g/mol. The van der Waals surface area contributed by atoms with Crippen LogP contribution in [0.3, 0.4) is 0 Å². The fourth-order valence-corrected chi connectivity index (χ4v) is 3.24. The standard InChI is InChI=1S/C14H19NO3/c1-6-18-9(2)11(16)15-10-7-8-14(5,12(15)17)13(10,3)4/h6,10H,1-2,7-8H2,3-5H3/t10-,14-/m0/s1. The molecule has 2 atom stereocenters. The normalized spacial score (nSPS) is 32.5. The Morgan fingerprint density at radius 1 is 1.50 bits per heavy atom. The lowest BCUT2D eigenvalue weighted by molar-refractivity contribution is -0.149. The first-order valence-electron chi connectivity index (χ1n) is 6.12. The zero-order valence-electron chi connectivity index (χ0n) is 11.2. The number of rotatable bonds is 3. The summed E-state index contributed by atoms with van der Waals surface area (Å²) in [6, 6.07) is -0.0623. The van der Waals surface area contributed by atoms with Gasteiger partial charge >= 0.3 is 0 Å². The van der Waals surface area contributed by atoms with Crippen LogP contribution in [0.5, 0.6) is 0 Å². The SMILES string of the molecule is C=COC(=C)C(=O)N1C(=O)[C@]2(C)CC[C@H]1C2(C)C. The highest BCUT2D eigenvalue weighted by Gasteiger charge is 2.67. The van der Waals surface area contributed by atoms with Crippen LogP contribution in [0, 0.1) is 10.8 Å². The van der Waals surface area contributed by atoms with Crippen molar-refractivity contribution in [1.29, 1.82) is 0 Å². The molecule has 4 heteroatoms. The van der Waals surface area contributed by atoms with Crippen molar-refractivity contribution in [3.05, 3.63) is 25.2 Å². The molecule has 2 amide bonds. The van der Waals surface area contributed by atoms with Crippen LogP contribution in [0.1, 0.15) is 33.6 Å². The number of fused-ring (bicyclic) bond motifs is 2. The molecule has 0 aromatic carbocycles. The zero-order chi connectivity index (χ0) is 13.7. The molecule has 1 saturated carbocycles. The number of imide groups is 1. The van der Waals surface area contributed by atoms with Crippen LogP contribution in [0.25, 0.3) is 0 Å². The van der Waals surface area contributed by atoms with E-state index in [0.29, 0.717) is 0 Å². The van der Waals surface area contributed by atoms with E-state index in [4.69, 9.17) is 4.74 Å². The van der Waals surface area contributed by atoms with Gasteiger partial charge in [-0.1, -0.05) is 33.9 Å². The summed E-state index contributed by atoms with van der Waals surface area (Å²) in [6.45, 7) is 13.0. The third-order valence-electron chi connectivity index (χ3n) is 4.86. The molecule has 0 unspecified atom stereocenters. The van der Waals surface area contributed by atoms with Crippen molar-refractivity contribution in [2.45, 2.75) is 39.7 Å². The summed E-state index contributed by atoms with van der Waals surface area (Å²) in [6.07, 6.45) is 2.83. The summed E-state index contributed by atoms with van der Waals surface area (Å²) in [5.74, 6) is -0.603. The maximum absolute atomic E-state index is 12.4. The lowest BCUT2D eigenvalue weighted by Crippen LogP contribution is -2.44. The highest BCUT2D eigenvalue weighted by atomic mass is 16.5. The molecule has 2 fully saturated rings. The largest absolute Gasteiger partial charge is 0.460 e. The van der Waals surface area contributed by atoms with E-state index >= 15 is 0 Å². The Morgan fingerprint density at radius 2 is 2.11 bits per heavy atom. The van der Waals surface area contributed by atoms with Crippen LogP contribution >= 0.6 is 0 Å². The van der Waals surface area contributed by atoms with Crippen LogP contribution in [0.4, 0.5) is 0 Å². The molecule has 0 N–H and O–H groups in total. The molecule has 2 bridgehead atoms. The van der Waals surface area contributed by atoms with Gasteiger partial charge in [0.15, 0.2) is 5.76 Å². The second kappa shape index (κ2) is 3.70. The number of nitrogens with zero attached hydrogens (tertiary/aromatic N) is 1. The Kier molecular flexibility index (Phi) is 2.65. The van der Waals surface area contributed by atoms with Gasteiger partial charge in [-0.05, 0) is 18.3 Å². The van der Waals surface area contributed by atoms with Crippen molar-refractivity contribution < 1.29 is 14.3 Å². The first kappa shape index (κ1) is 12.9. The highest BCUT2D eigenvalue weighted by Crippen LogP contribution is 2.60. The molecule has 0 aromatic rings. The van der Waals surface area contributed by atoms with Gasteiger partial charge in [0, 0.05) is 6.04 Å². The Balaban J connectivity index is 2.33. The van der Waals surface area contributed by atoms with Crippen molar-refractivity contribution >= 4 is 11.8 Å². The topological polar surface area (TPSA) is 46.6 Å². The number of piperidine rings is 1. The molecule has 1 heterocycles. The molecule has 2 rings (SSSR count). The molecule has 4 nitrogen and oxygen atoms in total. The number of ether oxygens (including phenoxy) is 1. The highest BCUT2D eigenvalue weighted by molar-refractivity contribution is 6.07. The molecule has 1 saturated heterocycles. The van der Waals surface area contributed by atoms with Crippen molar-refractivity contribution in [1.82, 2.24) is 4.90 Å². The van der Waals surface area contributed by atoms with E-state index in [1.807, 2.05) is 20.8 Å². The lowest BCUT2D eigenvalue weighted by atomic mass is 9.70. The minimum atomic E-state index is -0.457. The quantitative estimate of drug-likeness (QED) is 0.569. The van der Waals surface area contributed by atoms with Gasteiger partial charge in [0.05, 0.1) is 11.7 Å². The molecule has 18 heavy (non-hydrogen) atoms. The van der Waals surface area contributed by atoms with E-state index in [0.717, 1.165) is 19.1 Å². The van der Waals surface area contributed by atoms with Gasteiger partial charge in [0.1, 0.15) is 0 Å². The fourth-order valence-electron chi connectivity index (χ4n) is 3.24. The van der Waals surface area contributed by atoms with Gasteiger partial charge < -0.3 is 4.74 Å². The number of likely N-dealkylation sites (tertiary alicyclic amines) is 1. The molecule has 1 aliphatic carbocycles. The first-order chi connectivity index (χ1) is 8.27. The van der Waals surface area contributed by atoms with Gasteiger partial charge in [0.2, 0.25) is 5.91 Å². The number of hydrogen-bond acceptors (Lipinski definition) is 3. The van der Waals surface area contributed by atoms with E-state index in [9.17, 15) is 9.59 Å². The van der Waals surface area contributed by atoms with Crippen LogP contribution < -0.4 is 0 Å². The fraction of sp³-hybridized carbons (Fsp3) is 0.571. The smallest absolute Gasteiger partial charge is 0.295 e. The summed E-state index contributed by atoms with van der Waals surface area (Å²) in [5, 5.41) is 0. The maximum atomic E-state index is 12.4. The number of carbonyl (C=O) groups excluding carboxylic acids is 2. The van der Waals surface area contributed by atoms with Crippen LogP contribution in [-0.2, 0) is 14.3 Å². The predicted octanol–water partition coefficient (Wildman–Crippen LogP) is 2.22. The van der Waals surface area contributed by atoms with Gasteiger partial charge in [-0.2, -0.15) is 0 Å². The van der Waals surface area contributed by atoms with Crippen LogP contribution in [0.2, 0.25) is 0 Å². The average Bonchev–Trinajstić information content (AvgIpc) is 2.60. The molecule has 1 aliphatic heterocycles. The second-order valence-electron chi connectivity index (χ2n) is 5.80.